The molecule has 114 valence electrons. The van der Waals surface area contributed by atoms with Crippen LogP contribution in [0.15, 0.2) is 30.3 Å². The van der Waals surface area contributed by atoms with Crippen LogP contribution >= 0.6 is 0 Å². The number of hydrogen-bond donors (Lipinski definition) is 2. The van der Waals surface area contributed by atoms with E-state index in [1.165, 1.54) is 6.08 Å². The zero-order chi connectivity index (χ0) is 15.7. The predicted molar refractivity (Wildman–Crippen MR) is 81.1 cm³/mol. The SMILES string of the molecule is CCC[C@@H](NC(=O)/C=C/c1ccccc1OCC)C(=O)O. The van der Waals surface area contributed by atoms with Gasteiger partial charge >= 0.3 is 5.97 Å². The van der Waals surface area contributed by atoms with Crippen LogP contribution in [0.25, 0.3) is 6.08 Å². The van der Waals surface area contributed by atoms with Crippen LogP contribution in [0, 0.1) is 0 Å². The Bertz CT molecular complexity index is 511. The second-order valence-corrected chi connectivity index (χ2v) is 4.49. The molecule has 21 heavy (non-hydrogen) atoms. The van der Waals surface area contributed by atoms with E-state index in [0.717, 1.165) is 5.56 Å². The first-order valence-electron chi connectivity index (χ1n) is 7.01. The molecule has 1 atom stereocenters. The third kappa shape index (κ3) is 5.69. The lowest BCUT2D eigenvalue weighted by Gasteiger charge is -2.11. The molecule has 0 heterocycles. The molecule has 1 aromatic rings. The quantitative estimate of drug-likeness (QED) is 0.721. The average Bonchev–Trinajstić information content (AvgIpc) is 2.46. The van der Waals surface area contributed by atoms with Crippen molar-refractivity contribution in [1.82, 2.24) is 5.32 Å². The fourth-order valence-electron chi connectivity index (χ4n) is 1.84. The van der Waals surface area contributed by atoms with Crippen LogP contribution < -0.4 is 10.1 Å². The molecule has 0 aliphatic rings. The summed E-state index contributed by atoms with van der Waals surface area (Å²) in [5.74, 6) is -0.761. The number of benzene rings is 1. The van der Waals surface area contributed by atoms with E-state index in [4.69, 9.17) is 9.84 Å². The zero-order valence-electron chi connectivity index (χ0n) is 12.3. The molecule has 2 N–H and O–H groups in total. The van der Waals surface area contributed by atoms with Crippen molar-refractivity contribution in [2.24, 2.45) is 0 Å². The molecular formula is C16H21NO4. The van der Waals surface area contributed by atoms with E-state index in [0.29, 0.717) is 25.2 Å². The smallest absolute Gasteiger partial charge is 0.326 e. The molecule has 5 nitrogen and oxygen atoms in total. The van der Waals surface area contributed by atoms with Gasteiger partial charge in [0.15, 0.2) is 0 Å². The molecule has 1 aromatic carbocycles. The van der Waals surface area contributed by atoms with E-state index < -0.39 is 17.9 Å². The van der Waals surface area contributed by atoms with Gasteiger partial charge in [-0.1, -0.05) is 31.5 Å². The molecule has 0 aromatic heterocycles. The summed E-state index contributed by atoms with van der Waals surface area (Å²) in [7, 11) is 0. The lowest BCUT2D eigenvalue weighted by Crippen LogP contribution is -2.39. The van der Waals surface area contributed by atoms with Crippen molar-refractivity contribution in [1.29, 1.82) is 0 Å². The van der Waals surface area contributed by atoms with Gasteiger partial charge in [-0.2, -0.15) is 0 Å². The minimum absolute atomic E-state index is 0.407. The van der Waals surface area contributed by atoms with Crippen molar-refractivity contribution < 1.29 is 19.4 Å². The molecule has 0 fully saturated rings. The van der Waals surface area contributed by atoms with Crippen molar-refractivity contribution in [2.45, 2.75) is 32.7 Å². The number of carbonyl (C=O) groups is 2. The van der Waals surface area contributed by atoms with Crippen molar-refractivity contribution in [2.75, 3.05) is 6.61 Å². The normalized spacial score (nSPS) is 12.1. The highest BCUT2D eigenvalue weighted by molar-refractivity contribution is 5.94. The number of aliphatic carboxylic acids is 1. The van der Waals surface area contributed by atoms with Crippen molar-refractivity contribution in [3.05, 3.63) is 35.9 Å². The third-order valence-electron chi connectivity index (χ3n) is 2.83. The largest absolute Gasteiger partial charge is 0.493 e. The minimum atomic E-state index is -1.02. The number of rotatable bonds is 8. The number of amides is 1. The van der Waals surface area contributed by atoms with Crippen LogP contribution in [-0.2, 0) is 9.59 Å². The topological polar surface area (TPSA) is 75.6 Å². The molecular weight excluding hydrogens is 270 g/mol. The summed E-state index contributed by atoms with van der Waals surface area (Å²) in [6.07, 6.45) is 4.03. The van der Waals surface area contributed by atoms with Gasteiger partial charge < -0.3 is 15.2 Å². The maximum Gasteiger partial charge on any atom is 0.326 e. The number of nitrogens with one attached hydrogen (secondary N) is 1. The van der Waals surface area contributed by atoms with Gasteiger partial charge in [0.05, 0.1) is 6.61 Å². The first-order valence-corrected chi connectivity index (χ1v) is 7.01. The van der Waals surface area contributed by atoms with Crippen LogP contribution in [-0.4, -0.2) is 29.6 Å². The molecule has 1 amide bonds. The van der Waals surface area contributed by atoms with Gasteiger partial charge in [0.2, 0.25) is 5.91 Å². The fourth-order valence-corrected chi connectivity index (χ4v) is 1.84. The van der Waals surface area contributed by atoms with E-state index in [2.05, 4.69) is 5.32 Å². The summed E-state index contributed by atoms with van der Waals surface area (Å²) >= 11 is 0. The Morgan fingerprint density at radius 2 is 2.05 bits per heavy atom. The molecule has 0 bridgehead atoms. The third-order valence-corrected chi connectivity index (χ3v) is 2.83. The Hall–Kier alpha value is -2.30. The number of hydrogen-bond acceptors (Lipinski definition) is 3. The first-order chi connectivity index (χ1) is 10.1. The number of carbonyl (C=O) groups excluding carboxylic acids is 1. The Kier molecular flexibility index (Phi) is 7.01. The lowest BCUT2D eigenvalue weighted by molar-refractivity contribution is -0.141. The molecule has 0 aliphatic carbocycles. The summed E-state index contributed by atoms with van der Waals surface area (Å²) in [5, 5.41) is 11.5. The summed E-state index contributed by atoms with van der Waals surface area (Å²) < 4.78 is 5.45. The van der Waals surface area contributed by atoms with Gasteiger partial charge in [-0.05, 0) is 25.5 Å². The number of para-hydroxylation sites is 1. The van der Waals surface area contributed by atoms with Crippen LogP contribution in [0.3, 0.4) is 0 Å². The molecule has 0 spiro atoms. The molecule has 5 heteroatoms. The summed E-state index contributed by atoms with van der Waals surface area (Å²) in [5.41, 5.74) is 0.775. The molecule has 0 saturated carbocycles. The van der Waals surface area contributed by atoms with Crippen molar-refractivity contribution >= 4 is 18.0 Å². The maximum absolute atomic E-state index is 11.8. The number of carboxylic acid groups (broad SMARTS) is 1. The van der Waals surface area contributed by atoms with E-state index in [1.807, 2.05) is 38.1 Å². The van der Waals surface area contributed by atoms with Gasteiger partial charge in [0.25, 0.3) is 0 Å². The van der Waals surface area contributed by atoms with Crippen LogP contribution in [0.4, 0.5) is 0 Å². The Morgan fingerprint density at radius 3 is 2.67 bits per heavy atom. The monoisotopic (exact) mass is 291 g/mol. The lowest BCUT2D eigenvalue weighted by atomic mass is 10.1. The van der Waals surface area contributed by atoms with Crippen LogP contribution in [0.5, 0.6) is 5.75 Å². The molecule has 0 unspecified atom stereocenters. The van der Waals surface area contributed by atoms with E-state index in [1.54, 1.807) is 6.08 Å². The minimum Gasteiger partial charge on any atom is -0.493 e. The summed E-state index contributed by atoms with van der Waals surface area (Å²) in [6, 6.07) is 6.49. The predicted octanol–water partition coefficient (Wildman–Crippen LogP) is 2.47. The average molecular weight is 291 g/mol. The maximum atomic E-state index is 11.8. The molecule has 0 aliphatic heterocycles. The molecule has 1 rings (SSSR count). The second kappa shape index (κ2) is 8.79. The highest BCUT2D eigenvalue weighted by Gasteiger charge is 2.17. The van der Waals surface area contributed by atoms with Crippen molar-refractivity contribution in [3.63, 3.8) is 0 Å². The second-order valence-electron chi connectivity index (χ2n) is 4.49. The fraction of sp³-hybridized carbons (Fsp3) is 0.375. The van der Waals surface area contributed by atoms with Crippen molar-refractivity contribution in [3.8, 4) is 5.75 Å². The van der Waals surface area contributed by atoms with E-state index in [-0.39, 0.29) is 0 Å². The Balaban J connectivity index is 2.71. The van der Waals surface area contributed by atoms with Crippen LogP contribution in [0.1, 0.15) is 32.3 Å². The first kappa shape index (κ1) is 16.8. The Morgan fingerprint density at radius 1 is 1.33 bits per heavy atom. The number of ether oxygens (including phenoxy) is 1. The van der Waals surface area contributed by atoms with Gasteiger partial charge in [0, 0.05) is 11.6 Å². The van der Waals surface area contributed by atoms with E-state index >= 15 is 0 Å². The number of carboxylic acids is 1. The standard InChI is InChI=1S/C16H21NO4/c1-3-7-13(16(19)20)17-15(18)11-10-12-8-5-6-9-14(12)21-4-2/h5-6,8-11,13H,3-4,7H2,1-2H3,(H,17,18)(H,19,20)/b11-10+/t13-/m1/s1. The zero-order valence-corrected chi connectivity index (χ0v) is 12.3. The molecule has 0 saturated heterocycles. The molecule has 0 radical (unpaired) electrons. The van der Waals surface area contributed by atoms with Gasteiger partial charge in [-0.3, -0.25) is 4.79 Å². The van der Waals surface area contributed by atoms with Gasteiger partial charge in [0.1, 0.15) is 11.8 Å². The highest BCUT2D eigenvalue weighted by atomic mass is 16.5. The van der Waals surface area contributed by atoms with Gasteiger partial charge in [-0.15, -0.1) is 0 Å². The summed E-state index contributed by atoms with van der Waals surface area (Å²) in [6.45, 7) is 4.29. The highest BCUT2D eigenvalue weighted by Crippen LogP contribution is 2.19. The van der Waals surface area contributed by atoms with Gasteiger partial charge in [-0.25, -0.2) is 4.79 Å². The van der Waals surface area contributed by atoms with E-state index in [9.17, 15) is 9.59 Å². The Labute approximate surface area is 124 Å². The summed E-state index contributed by atoms with van der Waals surface area (Å²) in [4.78, 5) is 22.8. The van der Waals surface area contributed by atoms with Crippen LogP contribution in [0.2, 0.25) is 0 Å².